The van der Waals surface area contributed by atoms with Crippen molar-refractivity contribution in [3.63, 3.8) is 0 Å². The molecule has 8 heteroatoms. The van der Waals surface area contributed by atoms with E-state index in [9.17, 15) is 0 Å². The number of H-pyrrole nitrogens is 2. The van der Waals surface area contributed by atoms with Crippen LogP contribution in [0.3, 0.4) is 0 Å². The molecule has 1 aliphatic carbocycles. The number of aromatic nitrogens is 5. The first-order valence-electron chi connectivity index (χ1n) is 25.5. The molecule has 1 atom stereocenters. The Balaban J connectivity index is -0.000000153. The van der Waals surface area contributed by atoms with Gasteiger partial charge in [0, 0.05) is 67.4 Å². The van der Waals surface area contributed by atoms with Crippen molar-refractivity contribution < 1.29 is 4.42 Å². The Morgan fingerprint density at radius 2 is 0.900 bits per heavy atom. The lowest BCUT2D eigenvalue weighted by molar-refractivity contribution is 0.458. The number of rotatable bonds is 6. The molecule has 3 aliphatic rings. The number of fused-ring (bicyclic) bond motifs is 3. The molecule has 0 aromatic carbocycles. The predicted octanol–water partition coefficient (Wildman–Crippen LogP) is 17.3. The van der Waals surface area contributed by atoms with Gasteiger partial charge in [0.15, 0.2) is 11.7 Å². The van der Waals surface area contributed by atoms with Crippen molar-refractivity contribution in [2.24, 2.45) is 5.92 Å². The minimum absolute atomic E-state index is 0.384. The quantitative estimate of drug-likeness (QED) is 0.257. The van der Waals surface area contributed by atoms with E-state index >= 15 is 0 Å². The maximum absolute atomic E-state index is 5.78. The molecule has 0 saturated carbocycles. The molecule has 3 aromatic heterocycles. The van der Waals surface area contributed by atoms with Crippen LogP contribution in [0, 0.1) is 5.92 Å². The SMILES string of the molecule is CC.CC.CC.CC.CC.CC.CC.CC.CC.CC(C)c1nc2c([nH]1)CCC2C(C)C.CC(C)c1nc2c([nH]1)CCN2C(C)C.CC(C)c1nc2c(o1)N(C(C)C)CC2. The number of nitrogens with zero attached hydrogens (tertiary/aromatic N) is 5. The topological polar surface area (TPSA) is 89.9 Å². The van der Waals surface area contributed by atoms with Crippen LogP contribution in [0.1, 0.15) is 278 Å². The summed E-state index contributed by atoms with van der Waals surface area (Å²) in [4.78, 5) is 25.5. The number of oxazole rings is 1. The van der Waals surface area contributed by atoms with E-state index in [1.54, 1.807) is 0 Å². The number of anilines is 2. The first-order valence-corrected chi connectivity index (χ1v) is 25.5. The fraction of sp³-hybridized carbons (Fsp3) is 0.827. The van der Waals surface area contributed by atoms with Crippen molar-refractivity contribution in [3.05, 3.63) is 40.3 Å². The number of imidazole rings is 2. The van der Waals surface area contributed by atoms with Crippen LogP contribution in [0.4, 0.5) is 11.7 Å². The lowest BCUT2D eigenvalue weighted by Crippen LogP contribution is -2.29. The smallest absolute Gasteiger partial charge is 0.219 e. The molecule has 5 heterocycles. The average Bonchev–Trinajstić information content (AvgIpc) is 4.14. The van der Waals surface area contributed by atoms with E-state index in [1.807, 2.05) is 125 Å². The number of hydrogen-bond acceptors (Lipinski definition) is 6. The van der Waals surface area contributed by atoms with Crippen LogP contribution in [-0.2, 0) is 19.3 Å². The van der Waals surface area contributed by atoms with Gasteiger partial charge in [-0.1, -0.05) is 180 Å². The summed E-state index contributed by atoms with van der Waals surface area (Å²) < 4.78 is 5.78. The minimum atomic E-state index is 0.384. The molecule has 0 saturated heterocycles. The van der Waals surface area contributed by atoms with Crippen molar-refractivity contribution in [2.45, 2.75) is 269 Å². The molecule has 0 fully saturated rings. The summed E-state index contributed by atoms with van der Waals surface area (Å²) in [5.41, 5.74) is 5.21. The minimum Gasteiger partial charge on any atom is -0.425 e. The van der Waals surface area contributed by atoms with E-state index in [1.165, 1.54) is 41.6 Å². The van der Waals surface area contributed by atoms with Crippen LogP contribution in [-0.4, -0.2) is 50.1 Å². The molecule has 2 aliphatic heterocycles. The molecule has 0 radical (unpaired) electrons. The molecular weight excluding hydrogens is 739 g/mol. The lowest BCUT2D eigenvalue weighted by Gasteiger charge is -2.21. The summed E-state index contributed by atoms with van der Waals surface area (Å²) in [6, 6.07) is 1.06. The van der Waals surface area contributed by atoms with Crippen LogP contribution in [0.2, 0.25) is 0 Å². The van der Waals surface area contributed by atoms with E-state index in [2.05, 4.69) is 113 Å². The Kier molecular flexibility index (Phi) is 49.3. The summed E-state index contributed by atoms with van der Waals surface area (Å²) in [6.07, 6.45) is 4.62. The highest BCUT2D eigenvalue weighted by molar-refractivity contribution is 5.51. The zero-order valence-electron chi connectivity index (χ0n) is 46.4. The van der Waals surface area contributed by atoms with Gasteiger partial charge in [0.2, 0.25) is 5.88 Å². The Bertz CT molecular complexity index is 1140. The highest BCUT2D eigenvalue weighted by Crippen LogP contribution is 2.37. The maximum Gasteiger partial charge on any atom is 0.219 e. The highest BCUT2D eigenvalue weighted by Gasteiger charge is 2.30. The third kappa shape index (κ3) is 22.9. The predicted molar refractivity (Wildman–Crippen MR) is 276 cm³/mol. The lowest BCUT2D eigenvalue weighted by atomic mass is 9.94. The normalized spacial score (nSPS) is 13.1. The monoisotopic (exact) mass is 850 g/mol. The second-order valence-corrected chi connectivity index (χ2v) is 14.1. The van der Waals surface area contributed by atoms with Gasteiger partial charge < -0.3 is 24.2 Å². The molecule has 2 N–H and O–H groups in total. The maximum atomic E-state index is 5.78. The molecule has 0 spiro atoms. The van der Waals surface area contributed by atoms with Crippen molar-refractivity contribution >= 4 is 11.7 Å². The summed E-state index contributed by atoms with van der Waals surface area (Å²) in [5, 5.41) is 0. The van der Waals surface area contributed by atoms with Crippen LogP contribution >= 0.6 is 0 Å². The van der Waals surface area contributed by atoms with Crippen LogP contribution in [0.25, 0.3) is 0 Å². The Morgan fingerprint density at radius 3 is 1.30 bits per heavy atom. The Labute approximate surface area is 378 Å². The second kappa shape index (κ2) is 42.9. The van der Waals surface area contributed by atoms with Gasteiger partial charge in [-0.15, -0.1) is 0 Å². The number of nitrogens with one attached hydrogen (secondary N) is 2. The van der Waals surface area contributed by atoms with Crippen molar-refractivity contribution in [1.82, 2.24) is 24.9 Å². The number of aromatic amines is 2. The first-order chi connectivity index (χ1) is 28.8. The van der Waals surface area contributed by atoms with Crippen LogP contribution in [0.5, 0.6) is 0 Å². The van der Waals surface area contributed by atoms with Gasteiger partial charge in [-0.05, 0) is 46.5 Å². The molecule has 0 bridgehead atoms. The van der Waals surface area contributed by atoms with Gasteiger partial charge in [0.25, 0.3) is 0 Å². The van der Waals surface area contributed by atoms with E-state index < -0.39 is 0 Å². The average molecular weight is 851 g/mol. The molecule has 3 aromatic rings. The van der Waals surface area contributed by atoms with Crippen molar-refractivity contribution in [1.29, 1.82) is 0 Å². The molecule has 1 unspecified atom stereocenters. The van der Waals surface area contributed by atoms with Gasteiger partial charge in [0.1, 0.15) is 17.3 Å². The molecule has 60 heavy (non-hydrogen) atoms. The summed E-state index contributed by atoms with van der Waals surface area (Å²) in [6.45, 7) is 64.5. The zero-order chi connectivity index (χ0) is 48.9. The largest absolute Gasteiger partial charge is 0.425 e. The fourth-order valence-electron chi connectivity index (χ4n) is 6.06. The van der Waals surface area contributed by atoms with E-state index in [0.717, 1.165) is 55.1 Å². The van der Waals surface area contributed by atoms with Crippen LogP contribution in [0.15, 0.2) is 4.42 Å². The molecule has 8 nitrogen and oxygen atoms in total. The summed E-state index contributed by atoms with van der Waals surface area (Å²) in [5.74, 6) is 8.17. The van der Waals surface area contributed by atoms with Crippen molar-refractivity contribution in [3.8, 4) is 0 Å². The Morgan fingerprint density at radius 1 is 0.483 bits per heavy atom. The van der Waals surface area contributed by atoms with Gasteiger partial charge >= 0.3 is 0 Å². The summed E-state index contributed by atoms with van der Waals surface area (Å²) in [7, 11) is 0. The third-order valence-electron chi connectivity index (χ3n) is 8.72. The van der Waals surface area contributed by atoms with Gasteiger partial charge in [-0.25, -0.2) is 15.0 Å². The third-order valence-corrected chi connectivity index (χ3v) is 8.72. The van der Waals surface area contributed by atoms with E-state index in [-0.39, 0.29) is 0 Å². The van der Waals surface area contributed by atoms with Gasteiger partial charge in [-0.2, -0.15) is 0 Å². The van der Waals surface area contributed by atoms with E-state index in [4.69, 9.17) is 9.40 Å². The van der Waals surface area contributed by atoms with Crippen LogP contribution < -0.4 is 9.80 Å². The molecular formula is C52H111N7O. The highest BCUT2D eigenvalue weighted by atomic mass is 16.4. The standard InChI is InChI=1S/C12H20N2.C11H19N3.C11H18N2O.9C2H6/c1-7(2)9-5-6-10-11(9)14-12(13-10)8(3)4;1-7(2)10-12-9-5-6-14(8(3)4)11(9)13-10;1-7(2)10-12-9-5-6-13(8(3)4)11(9)14-10;9*1-2/h7-9H,5-6H2,1-4H3,(H,13,14);7-8H,5-6H2,1-4H3,(H,12,13);7-8H,5-6H2,1-4H3;9*1-2H3. The fourth-order valence-corrected chi connectivity index (χ4v) is 6.06. The molecule has 360 valence electrons. The molecule has 0 amide bonds. The second-order valence-electron chi connectivity index (χ2n) is 14.1. The van der Waals surface area contributed by atoms with Crippen molar-refractivity contribution in [2.75, 3.05) is 22.9 Å². The Hall–Kier alpha value is -2.77. The first kappa shape index (κ1) is 68.9. The zero-order valence-corrected chi connectivity index (χ0v) is 46.4. The van der Waals surface area contributed by atoms with Gasteiger partial charge in [0.05, 0.1) is 11.4 Å². The molecule has 6 rings (SSSR count). The van der Waals surface area contributed by atoms with E-state index in [0.29, 0.717) is 35.8 Å². The van der Waals surface area contributed by atoms with Gasteiger partial charge in [-0.3, -0.25) is 0 Å². The summed E-state index contributed by atoms with van der Waals surface area (Å²) >= 11 is 0. The number of aryl methyl sites for hydroxylation is 1. The number of hydrogen-bond donors (Lipinski definition) is 2.